The van der Waals surface area contributed by atoms with Crippen molar-refractivity contribution < 1.29 is 0 Å². The van der Waals surface area contributed by atoms with Crippen LogP contribution < -0.4 is 11.3 Å². The van der Waals surface area contributed by atoms with Gasteiger partial charge in [0.15, 0.2) is 11.2 Å². The highest BCUT2D eigenvalue weighted by Gasteiger charge is 2.06. The Balaban J connectivity index is 1.84. The van der Waals surface area contributed by atoms with E-state index in [4.69, 9.17) is 5.73 Å². The van der Waals surface area contributed by atoms with Gasteiger partial charge < -0.3 is 15.3 Å². The van der Waals surface area contributed by atoms with E-state index in [0.29, 0.717) is 11.2 Å². The van der Waals surface area contributed by atoms with Crippen LogP contribution in [0.4, 0.5) is 5.69 Å². The standard InChI is InChI=1S/C13H13N5O/c14-10-3-1-9(2-4-10)5-6-18-8-17-11-12(18)15-7-16-13(11)19/h1-4,7-8H,5-6,14H2,(H,15,16,19). The molecular weight excluding hydrogens is 242 g/mol. The number of nitrogens with one attached hydrogen (secondary N) is 1. The van der Waals surface area contributed by atoms with Gasteiger partial charge in [-0.25, -0.2) is 9.97 Å². The number of nitrogens with two attached hydrogens (primary N) is 1. The molecule has 0 bridgehead atoms. The Labute approximate surface area is 108 Å². The zero-order valence-corrected chi connectivity index (χ0v) is 10.2. The molecule has 3 N–H and O–H groups in total. The van der Waals surface area contributed by atoms with Crippen molar-refractivity contribution in [2.45, 2.75) is 13.0 Å². The van der Waals surface area contributed by atoms with Crippen molar-refractivity contribution in [3.63, 3.8) is 0 Å². The van der Waals surface area contributed by atoms with Crippen molar-refractivity contribution in [1.29, 1.82) is 0 Å². The van der Waals surface area contributed by atoms with Gasteiger partial charge in [0.2, 0.25) is 0 Å². The SMILES string of the molecule is Nc1ccc(CCn2cnc3c(=O)[nH]cnc32)cc1. The molecule has 0 spiro atoms. The molecule has 0 atom stereocenters. The molecule has 0 aliphatic carbocycles. The van der Waals surface area contributed by atoms with Gasteiger partial charge in [-0.3, -0.25) is 4.79 Å². The molecule has 96 valence electrons. The van der Waals surface area contributed by atoms with E-state index < -0.39 is 0 Å². The van der Waals surface area contributed by atoms with E-state index >= 15 is 0 Å². The number of aryl methyl sites for hydroxylation is 2. The number of hydrogen-bond donors (Lipinski definition) is 2. The summed E-state index contributed by atoms with van der Waals surface area (Å²) in [7, 11) is 0. The summed E-state index contributed by atoms with van der Waals surface area (Å²) < 4.78 is 1.88. The number of imidazole rings is 1. The topological polar surface area (TPSA) is 89.6 Å². The molecule has 6 heteroatoms. The average molecular weight is 255 g/mol. The number of hydrogen-bond acceptors (Lipinski definition) is 4. The lowest BCUT2D eigenvalue weighted by atomic mass is 10.1. The van der Waals surface area contributed by atoms with Gasteiger partial charge in [0.05, 0.1) is 12.7 Å². The lowest BCUT2D eigenvalue weighted by Gasteiger charge is -2.04. The lowest BCUT2D eigenvalue weighted by molar-refractivity contribution is 0.709. The molecule has 0 radical (unpaired) electrons. The van der Waals surface area contributed by atoms with Crippen molar-refractivity contribution in [1.82, 2.24) is 19.5 Å². The van der Waals surface area contributed by atoms with Gasteiger partial charge in [-0.15, -0.1) is 0 Å². The highest BCUT2D eigenvalue weighted by molar-refractivity contribution is 5.68. The van der Waals surface area contributed by atoms with Crippen LogP contribution in [0.15, 0.2) is 41.7 Å². The third-order valence-corrected chi connectivity index (χ3v) is 3.03. The molecule has 0 amide bonds. The molecule has 1 aromatic carbocycles. The Hall–Kier alpha value is -2.63. The van der Waals surface area contributed by atoms with E-state index in [-0.39, 0.29) is 5.56 Å². The molecule has 3 aromatic rings. The summed E-state index contributed by atoms with van der Waals surface area (Å²) in [5, 5.41) is 0. The van der Waals surface area contributed by atoms with Crippen molar-refractivity contribution in [3.05, 3.63) is 52.8 Å². The maximum Gasteiger partial charge on any atom is 0.278 e. The summed E-state index contributed by atoms with van der Waals surface area (Å²) >= 11 is 0. The molecule has 0 saturated heterocycles. The third kappa shape index (κ3) is 2.20. The summed E-state index contributed by atoms with van der Waals surface area (Å²) in [4.78, 5) is 22.3. The van der Waals surface area contributed by atoms with Gasteiger partial charge >= 0.3 is 0 Å². The maximum atomic E-state index is 11.5. The van der Waals surface area contributed by atoms with E-state index in [1.807, 2.05) is 28.8 Å². The Bertz CT molecular complexity index is 757. The lowest BCUT2D eigenvalue weighted by Crippen LogP contribution is -2.08. The van der Waals surface area contributed by atoms with Crippen LogP contribution in [0.3, 0.4) is 0 Å². The third-order valence-electron chi connectivity index (χ3n) is 3.03. The van der Waals surface area contributed by atoms with Gasteiger partial charge in [-0.1, -0.05) is 12.1 Å². The highest BCUT2D eigenvalue weighted by Crippen LogP contribution is 2.09. The minimum Gasteiger partial charge on any atom is -0.399 e. The van der Waals surface area contributed by atoms with Crippen LogP contribution in [-0.4, -0.2) is 19.5 Å². The fourth-order valence-electron chi connectivity index (χ4n) is 1.99. The van der Waals surface area contributed by atoms with Crippen LogP contribution in [-0.2, 0) is 13.0 Å². The molecule has 3 rings (SSSR count). The number of benzene rings is 1. The predicted molar refractivity (Wildman–Crippen MR) is 72.7 cm³/mol. The number of aromatic amines is 1. The van der Waals surface area contributed by atoms with E-state index in [9.17, 15) is 4.79 Å². The van der Waals surface area contributed by atoms with E-state index in [1.54, 1.807) is 6.33 Å². The highest BCUT2D eigenvalue weighted by atomic mass is 16.1. The fraction of sp³-hybridized carbons (Fsp3) is 0.154. The number of anilines is 1. The van der Waals surface area contributed by atoms with Crippen molar-refractivity contribution in [2.24, 2.45) is 0 Å². The largest absolute Gasteiger partial charge is 0.399 e. The molecule has 0 aliphatic heterocycles. The minimum absolute atomic E-state index is 0.212. The first kappa shape index (κ1) is 11.5. The normalized spacial score (nSPS) is 10.9. The molecule has 2 heterocycles. The smallest absolute Gasteiger partial charge is 0.278 e. The second kappa shape index (κ2) is 4.56. The number of nitrogens with zero attached hydrogens (tertiary/aromatic N) is 3. The quantitative estimate of drug-likeness (QED) is 0.682. The molecule has 0 aliphatic rings. The van der Waals surface area contributed by atoms with Gasteiger partial charge in [0, 0.05) is 12.2 Å². The van der Waals surface area contributed by atoms with Gasteiger partial charge in [-0.05, 0) is 24.1 Å². The van der Waals surface area contributed by atoms with E-state index in [1.165, 1.54) is 11.9 Å². The molecule has 0 saturated carbocycles. The number of nitrogen functional groups attached to an aromatic ring is 1. The maximum absolute atomic E-state index is 11.5. The van der Waals surface area contributed by atoms with Gasteiger partial charge in [-0.2, -0.15) is 0 Å². The summed E-state index contributed by atoms with van der Waals surface area (Å²) in [6, 6.07) is 7.75. The van der Waals surface area contributed by atoms with Crippen LogP contribution >= 0.6 is 0 Å². The van der Waals surface area contributed by atoms with Crippen molar-refractivity contribution >= 4 is 16.9 Å². The average Bonchev–Trinajstić information content (AvgIpc) is 2.83. The first-order valence-corrected chi connectivity index (χ1v) is 5.97. The zero-order chi connectivity index (χ0) is 13.2. The van der Waals surface area contributed by atoms with Crippen LogP contribution in [0.5, 0.6) is 0 Å². The molecule has 2 aromatic heterocycles. The van der Waals surface area contributed by atoms with Crippen LogP contribution in [0.2, 0.25) is 0 Å². The second-order valence-electron chi connectivity index (χ2n) is 4.33. The van der Waals surface area contributed by atoms with Crippen LogP contribution in [0.25, 0.3) is 11.2 Å². The van der Waals surface area contributed by atoms with E-state index in [0.717, 1.165) is 18.7 Å². The van der Waals surface area contributed by atoms with Crippen LogP contribution in [0, 0.1) is 0 Å². The number of H-pyrrole nitrogens is 1. The minimum atomic E-state index is -0.212. The summed E-state index contributed by atoms with van der Waals surface area (Å²) in [5.74, 6) is 0. The molecule has 19 heavy (non-hydrogen) atoms. The Kier molecular flexibility index (Phi) is 2.75. The fourth-order valence-corrected chi connectivity index (χ4v) is 1.99. The molecule has 6 nitrogen and oxygen atoms in total. The summed E-state index contributed by atoms with van der Waals surface area (Å²) in [5.41, 5.74) is 8.35. The van der Waals surface area contributed by atoms with Crippen molar-refractivity contribution in [2.75, 3.05) is 5.73 Å². The zero-order valence-electron chi connectivity index (χ0n) is 10.2. The monoisotopic (exact) mass is 255 g/mol. The Morgan fingerprint density at radius 2 is 2.00 bits per heavy atom. The van der Waals surface area contributed by atoms with Gasteiger partial charge in [0.1, 0.15) is 0 Å². The summed E-state index contributed by atoms with van der Waals surface area (Å²) in [6.07, 6.45) is 3.87. The Morgan fingerprint density at radius 1 is 1.21 bits per heavy atom. The molecular formula is C13H13N5O. The summed E-state index contributed by atoms with van der Waals surface area (Å²) in [6.45, 7) is 0.719. The number of rotatable bonds is 3. The van der Waals surface area contributed by atoms with Crippen LogP contribution in [0.1, 0.15) is 5.56 Å². The van der Waals surface area contributed by atoms with Gasteiger partial charge in [0.25, 0.3) is 5.56 Å². The molecule has 0 fully saturated rings. The molecule has 0 unspecified atom stereocenters. The first-order valence-electron chi connectivity index (χ1n) is 5.97. The number of aromatic nitrogens is 4. The Morgan fingerprint density at radius 3 is 2.79 bits per heavy atom. The predicted octanol–water partition coefficient (Wildman–Crippen LogP) is 0.945. The van der Waals surface area contributed by atoms with Crippen molar-refractivity contribution in [3.8, 4) is 0 Å². The van der Waals surface area contributed by atoms with E-state index in [2.05, 4.69) is 15.0 Å². The second-order valence-corrected chi connectivity index (χ2v) is 4.33. The first-order chi connectivity index (χ1) is 9.24. The number of fused-ring (bicyclic) bond motifs is 1.